The summed E-state index contributed by atoms with van der Waals surface area (Å²) in [5, 5.41) is 3.34. The molecule has 4 rings (SSSR count). The molecule has 20 heavy (non-hydrogen) atoms. The van der Waals surface area contributed by atoms with Crippen LogP contribution in [0, 0.1) is 0 Å². The summed E-state index contributed by atoms with van der Waals surface area (Å²) in [7, 11) is 0. The lowest BCUT2D eigenvalue weighted by Gasteiger charge is -2.11. The molecule has 0 atom stereocenters. The fourth-order valence-corrected chi connectivity index (χ4v) is 2.61. The Kier molecular flexibility index (Phi) is 2.52. The number of hydrogen-bond donors (Lipinski definition) is 1. The monoisotopic (exact) mass is 262 g/mol. The van der Waals surface area contributed by atoms with Crippen LogP contribution in [-0.2, 0) is 0 Å². The van der Waals surface area contributed by atoms with Gasteiger partial charge in [-0.2, -0.15) is 0 Å². The maximum Gasteiger partial charge on any atom is 0.130 e. The second-order valence-corrected chi connectivity index (χ2v) is 4.78. The van der Waals surface area contributed by atoms with E-state index in [0.717, 1.165) is 41.2 Å². The third kappa shape index (κ3) is 1.69. The van der Waals surface area contributed by atoms with E-state index >= 15 is 0 Å². The lowest BCUT2D eigenvalue weighted by molar-refractivity contribution is 0.959. The van der Waals surface area contributed by atoms with Crippen LogP contribution in [0.15, 0.2) is 59.9 Å². The van der Waals surface area contributed by atoms with Crippen molar-refractivity contribution < 1.29 is 0 Å². The first-order valence-corrected chi connectivity index (χ1v) is 6.74. The Bertz CT molecular complexity index is 801. The van der Waals surface area contributed by atoms with Crippen LogP contribution in [-0.4, -0.2) is 28.5 Å². The molecule has 0 saturated heterocycles. The fourth-order valence-electron chi connectivity index (χ4n) is 2.61. The van der Waals surface area contributed by atoms with E-state index < -0.39 is 0 Å². The average molecular weight is 262 g/mol. The van der Waals surface area contributed by atoms with Gasteiger partial charge in [0.25, 0.3) is 0 Å². The van der Waals surface area contributed by atoms with Crippen LogP contribution in [0.3, 0.4) is 0 Å². The summed E-state index contributed by atoms with van der Waals surface area (Å²) in [4.78, 5) is 8.99. The summed E-state index contributed by atoms with van der Waals surface area (Å²) in [6.45, 7) is 1.75. The molecule has 0 amide bonds. The van der Waals surface area contributed by atoms with Gasteiger partial charge in [0, 0.05) is 12.1 Å². The standard InChI is InChI=1S/C16H14N4/c1-3-7-14(12(5-1)16-17-9-10-18-16)20-11-19-13-6-2-4-8-15(13)20/h1-8,11H,9-10H2,(H,17,18). The van der Waals surface area contributed by atoms with Gasteiger partial charge in [-0.3, -0.25) is 9.56 Å². The average Bonchev–Trinajstić information content (AvgIpc) is 3.17. The maximum atomic E-state index is 4.53. The maximum absolute atomic E-state index is 4.53. The predicted molar refractivity (Wildman–Crippen MR) is 80.5 cm³/mol. The topological polar surface area (TPSA) is 42.2 Å². The van der Waals surface area contributed by atoms with Crippen molar-refractivity contribution in [1.29, 1.82) is 0 Å². The molecule has 0 unspecified atom stereocenters. The summed E-state index contributed by atoms with van der Waals surface area (Å²) in [6.07, 6.45) is 1.87. The Morgan fingerprint density at radius 1 is 1.00 bits per heavy atom. The Hall–Kier alpha value is -2.62. The molecule has 0 radical (unpaired) electrons. The highest BCUT2D eigenvalue weighted by Gasteiger charge is 2.14. The Labute approximate surface area is 116 Å². The molecule has 2 heterocycles. The van der Waals surface area contributed by atoms with Gasteiger partial charge in [-0.05, 0) is 24.3 Å². The Balaban J connectivity index is 1.94. The molecular formula is C16H14N4. The minimum Gasteiger partial charge on any atom is -0.368 e. The highest BCUT2D eigenvalue weighted by molar-refractivity contribution is 6.03. The number of hydrogen-bond acceptors (Lipinski definition) is 3. The number of fused-ring (bicyclic) bond motifs is 1. The van der Waals surface area contributed by atoms with Gasteiger partial charge in [0.1, 0.15) is 12.2 Å². The number of aliphatic imine (C=N–C) groups is 1. The number of benzene rings is 2. The minimum absolute atomic E-state index is 0.842. The van der Waals surface area contributed by atoms with Gasteiger partial charge in [-0.1, -0.05) is 24.3 Å². The van der Waals surface area contributed by atoms with Crippen LogP contribution in [0.5, 0.6) is 0 Å². The first-order chi connectivity index (χ1) is 9.93. The lowest BCUT2D eigenvalue weighted by atomic mass is 10.1. The van der Waals surface area contributed by atoms with Crippen molar-refractivity contribution in [3.63, 3.8) is 0 Å². The Morgan fingerprint density at radius 2 is 1.85 bits per heavy atom. The van der Waals surface area contributed by atoms with Gasteiger partial charge >= 0.3 is 0 Å². The van der Waals surface area contributed by atoms with E-state index in [1.54, 1.807) is 0 Å². The van der Waals surface area contributed by atoms with Crippen LogP contribution in [0.4, 0.5) is 0 Å². The lowest BCUT2D eigenvalue weighted by Crippen LogP contribution is -2.21. The number of imidazole rings is 1. The molecule has 2 aromatic carbocycles. The van der Waals surface area contributed by atoms with Gasteiger partial charge in [-0.25, -0.2) is 4.98 Å². The normalized spacial score (nSPS) is 14.3. The number of amidine groups is 1. The van der Waals surface area contributed by atoms with E-state index in [4.69, 9.17) is 0 Å². The quantitative estimate of drug-likeness (QED) is 0.770. The second-order valence-electron chi connectivity index (χ2n) is 4.78. The molecule has 98 valence electrons. The number of para-hydroxylation sites is 3. The van der Waals surface area contributed by atoms with Gasteiger partial charge in [-0.15, -0.1) is 0 Å². The van der Waals surface area contributed by atoms with E-state index in [0.29, 0.717) is 0 Å². The second kappa shape index (κ2) is 4.49. The number of nitrogens with one attached hydrogen (secondary N) is 1. The van der Waals surface area contributed by atoms with Crippen LogP contribution in [0.25, 0.3) is 16.7 Å². The van der Waals surface area contributed by atoms with E-state index in [-0.39, 0.29) is 0 Å². The van der Waals surface area contributed by atoms with Crippen molar-refractivity contribution in [2.45, 2.75) is 0 Å². The highest BCUT2D eigenvalue weighted by atomic mass is 15.1. The summed E-state index contributed by atoms with van der Waals surface area (Å²) in [5.41, 5.74) is 4.34. The van der Waals surface area contributed by atoms with Gasteiger partial charge < -0.3 is 5.32 Å². The summed E-state index contributed by atoms with van der Waals surface area (Å²) >= 11 is 0. The van der Waals surface area contributed by atoms with Crippen molar-refractivity contribution in [2.24, 2.45) is 4.99 Å². The molecule has 4 heteroatoms. The molecule has 1 aromatic heterocycles. The summed E-state index contributed by atoms with van der Waals surface area (Å²) < 4.78 is 2.12. The fraction of sp³-hybridized carbons (Fsp3) is 0.125. The summed E-state index contributed by atoms with van der Waals surface area (Å²) in [6, 6.07) is 16.4. The highest BCUT2D eigenvalue weighted by Crippen LogP contribution is 2.21. The van der Waals surface area contributed by atoms with Crippen LogP contribution < -0.4 is 5.32 Å². The summed E-state index contributed by atoms with van der Waals surface area (Å²) in [5.74, 6) is 0.971. The zero-order valence-corrected chi connectivity index (χ0v) is 11.0. The van der Waals surface area contributed by atoms with Crippen molar-refractivity contribution in [3.8, 4) is 5.69 Å². The van der Waals surface area contributed by atoms with E-state index in [1.165, 1.54) is 0 Å². The smallest absolute Gasteiger partial charge is 0.130 e. The minimum atomic E-state index is 0.842. The molecule has 1 aliphatic rings. The largest absolute Gasteiger partial charge is 0.368 e. The zero-order valence-electron chi connectivity index (χ0n) is 11.0. The molecule has 0 fully saturated rings. The van der Waals surface area contributed by atoms with E-state index in [1.807, 2.05) is 36.7 Å². The third-order valence-electron chi connectivity index (χ3n) is 3.55. The first kappa shape index (κ1) is 11.2. The molecule has 0 aliphatic carbocycles. The molecule has 1 aliphatic heterocycles. The molecule has 4 nitrogen and oxygen atoms in total. The molecule has 0 spiro atoms. The van der Waals surface area contributed by atoms with Crippen molar-refractivity contribution >= 4 is 16.9 Å². The van der Waals surface area contributed by atoms with Crippen LogP contribution in [0.2, 0.25) is 0 Å². The van der Waals surface area contributed by atoms with E-state index in [2.05, 4.69) is 38.1 Å². The number of rotatable bonds is 2. The number of aromatic nitrogens is 2. The molecule has 3 aromatic rings. The molecule has 0 saturated carbocycles. The SMILES string of the molecule is c1ccc(-n2cnc3ccccc32)c(C2=NCCN2)c1. The van der Waals surface area contributed by atoms with Gasteiger partial charge in [0.15, 0.2) is 0 Å². The van der Waals surface area contributed by atoms with Crippen molar-refractivity contribution in [3.05, 3.63) is 60.4 Å². The van der Waals surface area contributed by atoms with E-state index in [9.17, 15) is 0 Å². The van der Waals surface area contributed by atoms with Crippen molar-refractivity contribution in [2.75, 3.05) is 13.1 Å². The van der Waals surface area contributed by atoms with Crippen LogP contribution >= 0.6 is 0 Å². The van der Waals surface area contributed by atoms with Crippen molar-refractivity contribution in [1.82, 2.24) is 14.9 Å². The zero-order chi connectivity index (χ0) is 13.4. The first-order valence-electron chi connectivity index (χ1n) is 6.74. The van der Waals surface area contributed by atoms with Crippen LogP contribution in [0.1, 0.15) is 5.56 Å². The predicted octanol–water partition coefficient (Wildman–Crippen LogP) is 2.38. The third-order valence-corrected chi connectivity index (χ3v) is 3.55. The molecule has 1 N–H and O–H groups in total. The van der Waals surface area contributed by atoms with Gasteiger partial charge in [0.2, 0.25) is 0 Å². The number of nitrogens with zero attached hydrogens (tertiary/aromatic N) is 3. The molecular weight excluding hydrogens is 248 g/mol. The van der Waals surface area contributed by atoms with Gasteiger partial charge in [0.05, 0.1) is 23.3 Å². The molecule has 0 bridgehead atoms. The Morgan fingerprint density at radius 3 is 2.75 bits per heavy atom.